The fourth-order valence-corrected chi connectivity index (χ4v) is 3.57. The van der Waals surface area contributed by atoms with E-state index in [0.29, 0.717) is 0 Å². The summed E-state index contributed by atoms with van der Waals surface area (Å²) in [6.45, 7) is 9.61. The average molecular weight is 349 g/mol. The monoisotopic (exact) mass is 348 g/mol. The second kappa shape index (κ2) is 8.60. The summed E-state index contributed by atoms with van der Waals surface area (Å²) in [4.78, 5) is 7.17. The van der Waals surface area contributed by atoms with Crippen LogP contribution < -0.4 is 4.74 Å². The minimum Gasteiger partial charge on any atom is -0.496 e. The molecule has 0 bridgehead atoms. The molecule has 0 saturated carbocycles. The molecule has 0 saturated heterocycles. The van der Waals surface area contributed by atoms with Gasteiger partial charge >= 0.3 is 0 Å². The van der Waals surface area contributed by atoms with Gasteiger partial charge in [-0.2, -0.15) is 0 Å². The van der Waals surface area contributed by atoms with Crippen molar-refractivity contribution in [3.63, 3.8) is 0 Å². The molecule has 1 N–H and O–H groups in total. The lowest BCUT2D eigenvalue weighted by atomic mass is 9.96. The molecule has 0 unspecified atom stereocenters. The third-order valence-electron chi connectivity index (χ3n) is 3.61. The van der Waals surface area contributed by atoms with E-state index in [-0.39, 0.29) is 12.0 Å². The fraction of sp³-hybridized carbons (Fsp3) is 0.526. The molecule has 5 heteroatoms. The fourth-order valence-electron chi connectivity index (χ4n) is 2.73. The maximum absolute atomic E-state index is 9.14. The summed E-state index contributed by atoms with van der Waals surface area (Å²) in [7, 11) is 1.69. The number of para-hydroxylation sites is 1. The first-order valence-electron chi connectivity index (χ1n) is 8.34. The van der Waals surface area contributed by atoms with Gasteiger partial charge in [-0.1, -0.05) is 32.9 Å². The SMILES string of the molecule is COc1ccccc1-c1nc(CN(CCCO)CC(C)(C)C)cs1. The van der Waals surface area contributed by atoms with Crippen LogP contribution in [0.1, 0.15) is 32.9 Å². The first-order chi connectivity index (χ1) is 11.4. The zero-order valence-electron chi connectivity index (χ0n) is 15.1. The summed E-state index contributed by atoms with van der Waals surface area (Å²) in [5, 5.41) is 12.2. The van der Waals surface area contributed by atoms with Gasteiger partial charge in [-0.05, 0) is 24.0 Å². The van der Waals surface area contributed by atoms with Crippen molar-refractivity contribution in [1.82, 2.24) is 9.88 Å². The maximum Gasteiger partial charge on any atom is 0.129 e. The highest BCUT2D eigenvalue weighted by Gasteiger charge is 2.18. The predicted octanol–water partition coefficient (Wildman–Crippen LogP) is 4.05. The number of nitrogens with zero attached hydrogens (tertiary/aromatic N) is 2. The van der Waals surface area contributed by atoms with E-state index in [9.17, 15) is 0 Å². The van der Waals surface area contributed by atoms with E-state index in [1.165, 1.54) is 0 Å². The van der Waals surface area contributed by atoms with Gasteiger partial charge in [-0.25, -0.2) is 4.98 Å². The lowest BCUT2D eigenvalue weighted by Gasteiger charge is -2.29. The number of thiazole rings is 1. The number of aliphatic hydroxyl groups is 1. The van der Waals surface area contributed by atoms with Crippen molar-refractivity contribution in [1.29, 1.82) is 0 Å². The van der Waals surface area contributed by atoms with Gasteiger partial charge in [0.05, 0.1) is 18.4 Å². The molecule has 0 aliphatic rings. The minimum atomic E-state index is 0.219. The number of hydrogen-bond donors (Lipinski definition) is 1. The molecule has 1 heterocycles. The number of aliphatic hydroxyl groups excluding tert-OH is 1. The van der Waals surface area contributed by atoms with Crippen molar-refractivity contribution in [3.05, 3.63) is 35.3 Å². The maximum atomic E-state index is 9.14. The zero-order valence-corrected chi connectivity index (χ0v) is 15.9. The number of methoxy groups -OCH3 is 1. The van der Waals surface area contributed by atoms with E-state index in [1.54, 1.807) is 18.4 Å². The molecule has 2 aromatic rings. The van der Waals surface area contributed by atoms with Crippen molar-refractivity contribution in [3.8, 4) is 16.3 Å². The highest BCUT2D eigenvalue weighted by Crippen LogP contribution is 2.32. The Balaban J connectivity index is 2.13. The molecular weight excluding hydrogens is 320 g/mol. The highest BCUT2D eigenvalue weighted by molar-refractivity contribution is 7.13. The van der Waals surface area contributed by atoms with Crippen molar-refractivity contribution in [2.75, 3.05) is 26.8 Å². The van der Waals surface area contributed by atoms with Crippen LogP contribution in [0.25, 0.3) is 10.6 Å². The Morgan fingerprint density at radius 1 is 1.25 bits per heavy atom. The third-order valence-corrected chi connectivity index (χ3v) is 4.53. The minimum absolute atomic E-state index is 0.219. The summed E-state index contributed by atoms with van der Waals surface area (Å²) in [6, 6.07) is 7.98. The second-order valence-electron chi connectivity index (χ2n) is 7.19. The van der Waals surface area contributed by atoms with Crippen LogP contribution >= 0.6 is 11.3 Å². The molecule has 0 aliphatic heterocycles. The topological polar surface area (TPSA) is 45.6 Å². The molecule has 2 rings (SSSR count). The molecule has 0 radical (unpaired) electrons. The number of benzene rings is 1. The van der Waals surface area contributed by atoms with E-state index in [1.807, 2.05) is 24.3 Å². The molecular formula is C19H28N2O2S. The van der Waals surface area contributed by atoms with E-state index in [2.05, 4.69) is 31.1 Å². The van der Waals surface area contributed by atoms with Crippen molar-refractivity contribution in [2.24, 2.45) is 5.41 Å². The van der Waals surface area contributed by atoms with Crippen molar-refractivity contribution < 1.29 is 9.84 Å². The Hall–Kier alpha value is -1.43. The predicted molar refractivity (Wildman–Crippen MR) is 101 cm³/mol. The van der Waals surface area contributed by atoms with Crippen LogP contribution in [0.4, 0.5) is 0 Å². The molecule has 24 heavy (non-hydrogen) atoms. The van der Waals surface area contributed by atoms with Gasteiger partial charge in [0.15, 0.2) is 0 Å². The van der Waals surface area contributed by atoms with Crippen LogP contribution in [0.5, 0.6) is 5.75 Å². The summed E-state index contributed by atoms with van der Waals surface area (Å²) >= 11 is 1.65. The van der Waals surface area contributed by atoms with Crippen LogP contribution in [-0.2, 0) is 6.54 Å². The largest absolute Gasteiger partial charge is 0.496 e. The van der Waals surface area contributed by atoms with Crippen molar-refractivity contribution >= 4 is 11.3 Å². The van der Waals surface area contributed by atoms with E-state index in [0.717, 1.165) is 48.1 Å². The Morgan fingerprint density at radius 3 is 2.67 bits per heavy atom. The van der Waals surface area contributed by atoms with Gasteiger partial charge in [0.2, 0.25) is 0 Å². The first-order valence-corrected chi connectivity index (χ1v) is 9.22. The van der Waals surface area contributed by atoms with Crippen LogP contribution in [0.3, 0.4) is 0 Å². The molecule has 0 atom stereocenters. The molecule has 0 amide bonds. The molecule has 4 nitrogen and oxygen atoms in total. The molecule has 0 aliphatic carbocycles. The van der Waals surface area contributed by atoms with Gasteiger partial charge in [0, 0.05) is 31.6 Å². The van der Waals surface area contributed by atoms with Gasteiger partial charge < -0.3 is 9.84 Å². The standard InChI is InChI=1S/C19H28N2O2S/c1-19(2,3)14-21(10-7-11-22)12-15-13-24-18(20-15)16-8-5-6-9-17(16)23-4/h5-6,8-9,13,22H,7,10-12,14H2,1-4H3. The van der Waals surface area contributed by atoms with E-state index < -0.39 is 0 Å². The third kappa shape index (κ3) is 5.58. The number of ether oxygens (including phenoxy) is 1. The molecule has 1 aromatic carbocycles. The van der Waals surface area contributed by atoms with Crippen LogP contribution in [0.15, 0.2) is 29.6 Å². The average Bonchev–Trinajstić information content (AvgIpc) is 2.99. The summed E-state index contributed by atoms with van der Waals surface area (Å²) in [6.07, 6.45) is 0.791. The summed E-state index contributed by atoms with van der Waals surface area (Å²) in [5.41, 5.74) is 2.33. The quantitative estimate of drug-likeness (QED) is 0.782. The Labute approximate surface area is 149 Å². The summed E-state index contributed by atoms with van der Waals surface area (Å²) < 4.78 is 5.44. The molecule has 0 fully saturated rings. The lowest BCUT2D eigenvalue weighted by molar-refractivity contribution is 0.165. The Kier molecular flexibility index (Phi) is 6.78. The summed E-state index contributed by atoms with van der Waals surface area (Å²) in [5.74, 6) is 0.852. The highest BCUT2D eigenvalue weighted by atomic mass is 32.1. The van der Waals surface area contributed by atoms with Gasteiger partial charge in [-0.3, -0.25) is 4.90 Å². The Morgan fingerprint density at radius 2 is 2.00 bits per heavy atom. The normalized spacial score (nSPS) is 11.9. The van der Waals surface area contributed by atoms with E-state index in [4.69, 9.17) is 14.8 Å². The lowest BCUT2D eigenvalue weighted by Crippen LogP contribution is -2.33. The van der Waals surface area contributed by atoms with Gasteiger partial charge in [0.1, 0.15) is 10.8 Å². The second-order valence-corrected chi connectivity index (χ2v) is 8.05. The van der Waals surface area contributed by atoms with Crippen molar-refractivity contribution in [2.45, 2.75) is 33.7 Å². The van der Waals surface area contributed by atoms with Gasteiger partial charge in [-0.15, -0.1) is 11.3 Å². The van der Waals surface area contributed by atoms with Gasteiger partial charge in [0.25, 0.3) is 0 Å². The molecule has 132 valence electrons. The molecule has 0 spiro atoms. The number of rotatable bonds is 8. The van der Waals surface area contributed by atoms with Crippen LogP contribution in [-0.4, -0.2) is 41.8 Å². The molecule has 1 aromatic heterocycles. The number of aromatic nitrogens is 1. The van der Waals surface area contributed by atoms with Crippen LogP contribution in [0, 0.1) is 5.41 Å². The number of hydrogen-bond acceptors (Lipinski definition) is 5. The van der Waals surface area contributed by atoms with E-state index >= 15 is 0 Å². The van der Waals surface area contributed by atoms with Crippen LogP contribution in [0.2, 0.25) is 0 Å². The Bertz CT molecular complexity index is 634. The zero-order chi connectivity index (χ0) is 17.6. The smallest absolute Gasteiger partial charge is 0.129 e. The first kappa shape index (κ1) is 18.9.